The van der Waals surface area contributed by atoms with Crippen LogP contribution in [-0.4, -0.2) is 96.7 Å². The predicted octanol–water partition coefficient (Wildman–Crippen LogP) is 25.3. The van der Waals surface area contributed by atoms with E-state index in [4.69, 9.17) is 37.0 Å². The van der Waals surface area contributed by atoms with Gasteiger partial charge in [-0.3, -0.25) is 37.3 Å². The standard InChI is InChI=1S/C84H164O17P2/c1-8-10-11-12-13-44-51-58-65-81(86)94-71-79(100-83(88)68-61-54-47-40-34-28-22-21-25-31-37-43-50-57-64-77(7)9-2)73-98-102(90,91)96-69-78(85)70-97-103(92,93)99-74-80(72-95-82(87)66-59-52-45-38-32-26-20-16-18-24-30-36-42-49-56-63-76(5)6)101-84(89)67-60-53-46-39-33-27-19-15-14-17-23-29-35-41-48-55-62-75(3)4/h75-80,85H,8-74H2,1-7H3,(H,90,91)(H,92,93)/t77?,78-,79+,80+/m0/s1. The molecule has 0 spiro atoms. The number of carbonyl (C=O) groups is 4. The lowest BCUT2D eigenvalue weighted by Gasteiger charge is -2.21. The van der Waals surface area contributed by atoms with Crippen molar-refractivity contribution in [3.63, 3.8) is 0 Å². The first-order valence-corrected chi connectivity index (χ1v) is 46.4. The number of aliphatic hydroxyl groups excluding tert-OH is 1. The Labute approximate surface area is 632 Å². The summed E-state index contributed by atoms with van der Waals surface area (Å²) < 4.78 is 68.8. The number of ether oxygens (including phenoxy) is 4. The summed E-state index contributed by atoms with van der Waals surface area (Å²) in [5, 5.41) is 10.7. The third kappa shape index (κ3) is 76.6. The highest BCUT2D eigenvalue weighted by atomic mass is 31.2. The quantitative estimate of drug-likeness (QED) is 0.0222. The lowest BCUT2D eigenvalue weighted by atomic mass is 9.99. The number of phosphoric acid groups is 2. The molecule has 612 valence electrons. The van der Waals surface area contributed by atoms with E-state index >= 15 is 0 Å². The number of hydrogen-bond donors (Lipinski definition) is 3. The summed E-state index contributed by atoms with van der Waals surface area (Å²) in [7, 11) is -9.92. The number of unbranched alkanes of at least 4 members (excludes halogenated alkanes) is 49. The van der Waals surface area contributed by atoms with E-state index in [2.05, 4.69) is 48.5 Å². The number of phosphoric ester groups is 2. The van der Waals surface area contributed by atoms with Crippen LogP contribution in [0, 0.1) is 17.8 Å². The maximum atomic E-state index is 13.1. The minimum Gasteiger partial charge on any atom is -0.462 e. The van der Waals surface area contributed by atoms with Gasteiger partial charge in [0.2, 0.25) is 0 Å². The van der Waals surface area contributed by atoms with E-state index in [1.54, 1.807) is 0 Å². The molecule has 3 N–H and O–H groups in total. The van der Waals surface area contributed by atoms with Crippen molar-refractivity contribution in [1.29, 1.82) is 0 Å². The molecular formula is C84H164O17P2. The Morgan fingerprint density at radius 3 is 0.738 bits per heavy atom. The molecule has 0 aliphatic carbocycles. The third-order valence-electron chi connectivity index (χ3n) is 20.0. The predicted molar refractivity (Wildman–Crippen MR) is 423 cm³/mol. The maximum Gasteiger partial charge on any atom is 0.472 e. The molecule has 0 rings (SSSR count). The summed E-state index contributed by atoms with van der Waals surface area (Å²) in [5.74, 6) is 0.353. The van der Waals surface area contributed by atoms with E-state index in [9.17, 15) is 43.2 Å². The number of esters is 4. The summed E-state index contributed by atoms with van der Waals surface area (Å²) in [5.41, 5.74) is 0. The van der Waals surface area contributed by atoms with Gasteiger partial charge in [-0.2, -0.15) is 0 Å². The van der Waals surface area contributed by atoms with Gasteiger partial charge < -0.3 is 33.8 Å². The Bertz CT molecular complexity index is 1990. The summed E-state index contributed by atoms with van der Waals surface area (Å²) in [6.07, 6.45) is 63.8. The molecule has 19 heteroatoms. The molecule has 0 aromatic rings. The molecule has 0 radical (unpaired) electrons. The lowest BCUT2D eigenvalue weighted by molar-refractivity contribution is -0.161. The minimum atomic E-state index is -4.96. The molecule has 3 unspecified atom stereocenters. The molecular weight excluding hydrogens is 1340 g/mol. The average molecular weight is 1510 g/mol. The second-order valence-corrected chi connectivity index (χ2v) is 34.3. The molecule has 0 heterocycles. The van der Waals surface area contributed by atoms with Crippen molar-refractivity contribution in [2.45, 2.75) is 458 Å². The topological polar surface area (TPSA) is 237 Å². The van der Waals surface area contributed by atoms with Crippen molar-refractivity contribution < 1.29 is 80.2 Å². The van der Waals surface area contributed by atoms with Crippen molar-refractivity contribution in [2.75, 3.05) is 39.6 Å². The Morgan fingerprint density at radius 2 is 0.495 bits per heavy atom. The second-order valence-electron chi connectivity index (χ2n) is 31.4. The molecule has 0 amide bonds. The van der Waals surface area contributed by atoms with Crippen LogP contribution in [0.1, 0.15) is 440 Å². The van der Waals surface area contributed by atoms with Gasteiger partial charge in [-0.05, 0) is 43.4 Å². The van der Waals surface area contributed by atoms with Gasteiger partial charge in [-0.15, -0.1) is 0 Å². The van der Waals surface area contributed by atoms with Crippen molar-refractivity contribution in [2.24, 2.45) is 17.8 Å². The normalized spacial score (nSPS) is 14.2. The Balaban J connectivity index is 5.20. The van der Waals surface area contributed by atoms with Crippen LogP contribution in [-0.2, 0) is 65.4 Å². The zero-order valence-corrected chi connectivity index (χ0v) is 69.6. The van der Waals surface area contributed by atoms with Crippen LogP contribution in [0.15, 0.2) is 0 Å². The van der Waals surface area contributed by atoms with Crippen LogP contribution in [0.2, 0.25) is 0 Å². The summed E-state index contributed by atoms with van der Waals surface area (Å²) >= 11 is 0. The fourth-order valence-electron chi connectivity index (χ4n) is 13.0. The molecule has 0 saturated carbocycles. The minimum absolute atomic E-state index is 0.107. The Kier molecular flexibility index (Phi) is 72.8. The Morgan fingerprint density at radius 1 is 0.282 bits per heavy atom. The third-order valence-corrected chi connectivity index (χ3v) is 21.9. The number of hydrogen-bond acceptors (Lipinski definition) is 15. The first kappa shape index (κ1) is 101. The van der Waals surface area contributed by atoms with Gasteiger partial charge in [0.05, 0.1) is 26.4 Å². The van der Waals surface area contributed by atoms with Gasteiger partial charge in [0, 0.05) is 25.7 Å². The van der Waals surface area contributed by atoms with Crippen molar-refractivity contribution in [1.82, 2.24) is 0 Å². The Hall–Kier alpha value is -1.94. The van der Waals surface area contributed by atoms with Gasteiger partial charge in [0.1, 0.15) is 19.3 Å². The van der Waals surface area contributed by atoms with Gasteiger partial charge in [0.25, 0.3) is 0 Å². The first-order chi connectivity index (χ1) is 49.8. The van der Waals surface area contributed by atoms with Crippen LogP contribution in [0.25, 0.3) is 0 Å². The highest BCUT2D eigenvalue weighted by Crippen LogP contribution is 2.45. The summed E-state index contributed by atoms with van der Waals surface area (Å²) in [6, 6.07) is 0. The lowest BCUT2D eigenvalue weighted by Crippen LogP contribution is -2.30. The van der Waals surface area contributed by atoms with E-state index < -0.39 is 97.5 Å². The van der Waals surface area contributed by atoms with Gasteiger partial charge in [0.15, 0.2) is 12.2 Å². The molecule has 0 aliphatic heterocycles. The molecule has 6 atom stereocenters. The van der Waals surface area contributed by atoms with Gasteiger partial charge >= 0.3 is 39.5 Å². The van der Waals surface area contributed by atoms with Crippen LogP contribution < -0.4 is 0 Å². The largest absolute Gasteiger partial charge is 0.472 e. The number of aliphatic hydroxyl groups is 1. The van der Waals surface area contributed by atoms with E-state index in [1.165, 1.54) is 244 Å². The van der Waals surface area contributed by atoms with Gasteiger partial charge in [-0.25, -0.2) is 9.13 Å². The zero-order valence-electron chi connectivity index (χ0n) is 67.8. The molecule has 0 aliphatic rings. The highest BCUT2D eigenvalue weighted by Gasteiger charge is 2.30. The fraction of sp³-hybridized carbons (Fsp3) is 0.952. The maximum absolute atomic E-state index is 13.1. The van der Waals surface area contributed by atoms with E-state index in [0.29, 0.717) is 25.7 Å². The van der Waals surface area contributed by atoms with Crippen molar-refractivity contribution in [3.05, 3.63) is 0 Å². The average Bonchev–Trinajstić information content (AvgIpc) is 0.939. The van der Waals surface area contributed by atoms with Crippen LogP contribution in [0.4, 0.5) is 0 Å². The van der Waals surface area contributed by atoms with E-state index in [0.717, 1.165) is 114 Å². The second kappa shape index (κ2) is 74.2. The number of rotatable bonds is 82. The molecule has 0 bridgehead atoms. The molecule has 0 fully saturated rings. The highest BCUT2D eigenvalue weighted by molar-refractivity contribution is 7.47. The van der Waals surface area contributed by atoms with Crippen molar-refractivity contribution in [3.8, 4) is 0 Å². The van der Waals surface area contributed by atoms with Gasteiger partial charge in [-0.1, -0.05) is 389 Å². The van der Waals surface area contributed by atoms with Crippen LogP contribution >= 0.6 is 15.6 Å². The molecule has 0 aromatic heterocycles. The molecule has 0 aromatic carbocycles. The summed E-state index contributed by atoms with van der Waals surface area (Å²) in [4.78, 5) is 73.1. The molecule has 0 saturated heterocycles. The summed E-state index contributed by atoms with van der Waals surface area (Å²) in [6.45, 7) is 12.0. The van der Waals surface area contributed by atoms with Crippen LogP contribution in [0.3, 0.4) is 0 Å². The monoisotopic (exact) mass is 1510 g/mol. The zero-order chi connectivity index (χ0) is 75.8. The smallest absolute Gasteiger partial charge is 0.462 e. The first-order valence-electron chi connectivity index (χ1n) is 43.4. The van der Waals surface area contributed by atoms with E-state index in [1.807, 2.05) is 0 Å². The fourth-order valence-corrected chi connectivity index (χ4v) is 14.6. The van der Waals surface area contributed by atoms with E-state index in [-0.39, 0.29) is 25.7 Å². The number of carbonyl (C=O) groups excluding carboxylic acids is 4. The van der Waals surface area contributed by atoms with Crippen LogP contribution in [0.5, 0.6) is 0 Å². The van der Waals surface area contributed by atoms with Crippen molar-refractivity contribution >= 4 is 39.5 Å². The molecule has 103 heavy (non-hydrogen) atoms. The SMILES string of the molecule is CCCCCCCCCCC(=O)OC[C@H](COP(=O)(O)OC[C@H](O)COP(=O)(O)OC[C@@H](COC(=O)CCCCCCCCCCCCCCCCCC(C)C)OC(=O)CCCCCCCCCCCCCCCCCCC(C)C)OC(=O)CCCCCCCCCCCCCCCCC(C)CC. The molecule has 17 nitrogen and oxygen atoms in total.